The topological polar surface area (TPSA) is 67.2 Å². The lowest BCUT2D eigenvalue weighted by molar-refractivity contribution is 0.102. The minimum Gasteiger partial charge on any atom is -0.322 e. The van der Waals surface area contributed by atoms with Crippen molar-refractivity contribution in [3.63, 3.8) is 0 Å². The number of amides is 1. The summed E-state index contributed by atoms with van der Waals surface area (Å²) in [6.45, 7) is 2.06. The van der Waals surface area contributed by atoms with Crippen molar-refractivity contribution in [2.75, 3.05) is 10.7 Å². The number of nitrogen functional groups attached to an aromatic ring is 1. The Balaban J connectivity index is 2.21. The summed E-state index contributed by atoms with van der Waals surface area (Å²) in [5, 5.41) is 2.71. The number of aryl methyl sites for hydroxylation is 1. The summed E-state index contributed by atoms with van der Waals surface area (Å²) < 4.78 is 13.5. The molecule has 0 fully saturated rings. The molecule has 0 bridgehead atoms. The van der Waals surface area contributed by atoms with E-state index in [9.17, 15) is 9.18 Å². The van der Waals surface area contributed by atoms with Crippen LogP contribution < -0.4 is 16.6 Å². The third-order valence-electron chi connectivity index (χ3n) is 3.02. The molecule has 0 atom stereocenters. The third kappa shape index (κ3) is 2.95. The molecular weight excluding hydrogens is 257 g/mol. The summed E-state index contributed by atoms with van der Waals surface area (Å²) in [7, 11) is 0. The Kier molecular flexibility index (Phi) is 4.32. The molecule has 0 aromatic heterocycles. The van der Waals surface area contributed by atoms with Crippen LogP contribution in [-0.2, 0) is 6.42 Å². The molecule has 0 radical (unpaired) electrons. The molecule has 0 saturated heterocycles. The number of nitrogens with two attached hydrogens (primary N) is 1. The number of halogens is 1. The average Bonchev–Trinajstić information content (AvgIpc) is 2.47. The number of nitrogens with one attached hydrogen (secondary N) is 2. The molecule has 0 aliphatic rings. The molecule has 0 aliphatic heterocycles. The van der Waals surface area contributed by atoms with Gasteiger partial charge in [-0.3, -0.25) is 10.6 Å². The van der Waals surface area contributed by atoms with E-state index in [4.69, 9.17) is 5.84 Å². The van der Waals surface area contributed by atoms with Gasteiger partial charge in [-0.15, -0.1) is 0 Å². The molecule has 5 heteroatoms. The van der Waals surface area contributed by atoms with Gasteiger partial charge in [-0.2, -0.15) is 0 Å². The minimum absolute atomic E-state index is 0.0184. The molecule has 2 aromatic rings. The van der Waals surface area contributed by atoms with E-state index in [2.05, 4.69) is 17.7 Å². The van der Waals surface area contributed by atoms with Gasteiger partial charge in [-0.1, -0.05) is 25.1 Å². The van der Waals surface area contributed by atoms with Gasteiger partial charge >= 0.3 is 0 Å². The van der Waals surface area contributed by atoms with Crippen LogP contribution >= 0.6 is 0 Å². The second-order valence-corrected chi connectivity index (χ2v) is 4.31. The van der Waals surface area contributed by atoms with Gasteiger partial charge < -0.3 is 10.7 Å². The smallest absolute Gasteiger partial charge is 0.257 e. The van der Waals surface area contributed by atoms with E-state index in [1.54, 1.807) is 0 Å². The van der Waals surface area contributed by atoms with Gasteiger partial charge in [-0.05, 0) is 36.2 Å². The number of carbonyl (C=O) groups is 1. The van der Waals surface area contributed by atoms with Crippen LogP contribution in [0.2, 0.25) is 0 Å². The minimum atomic E-state index is -0.568. The van der Waals surface area contributed by atoms with Crippen molar-refractivity contribution in [3.8, 4) is 0 Å². The van der Waals surface area contributed by atoms with Gasteiger partial charge in [0.05, 0.1) is 11.3 Å². The molecule has 0 unspecified atom stereocenters. The highest BCUT2D eigenvalue weighted by Gasteiger charge is 2.14. The molecule has 0 spiro atoms. The number of hydrogen-bond donors (Lipinski definition) is 3. The maximum atomic E-state index is 13.5. The Bertz CT molecular complexity index is 611. The highest BCUT2D eigenvalue weighted by Crippen LogP contribution is 2.20. The van der Waals surface area contributed by atoms with Crippen LogP contribution in [0, 0.1) is 5.82 Å². The summed E-state index contributed by atoms with van der Waals surface area (Å²) >= 11 is 0. The van der Waals surface area contributed by atoms with Gasteiger partial charge in [0.15, 0.2) is 0 Å². The van der Waals surface area contributed by atoms with Crippen LogP contribution in [-0.4, -0.2) is 5.91 Å². The van der Waals surface area contributed by atoms with Crippen molar-refractivity contribution < 1.29 is 9.18 Å². The predicted molar refractivity (Wildman–Crippen MR) is 78.0 cm³/mol. The molecule has 4 nitrogen and oxygen atoms in total. The second-order valence-electron chi connectivity index (χ2n) is 4.31. The molecular formula is C15H16FN3O. The first-order valence-electron chi connectivity index (χ1n) is 6.31. The van der Waals surface area contributed by atoms with Crippen LogP contribution in [0.4, 0.5) is 15.8 Å². The van der Waals surface area contributed by atoms with Crippen LogP contribution in [0.15, 0.2) is 42.5 Å². The fourth-order valence-electron chi connectivity index (χ4n) is 1.88. The van der Waals surface area contributed by atoms with Crippen molar-refractivity contribution in [2.45, 2.75) is 13.3 Å². The summed E-state index contributed by atoms with van der Waals surface area (Å²) in [6.07, 6.45) is 0.930. The molecule has 0 heterocycles. The molecule has 0 saturated carbocycles. The van der Waals surface area contributed by atoms with E-state index < -0.39 is 11.7 Å². The van der Waals surface area contributed by atoms with Gasteiger partial charge in [0.2, 0.25) is 0 Å². The number of anilines is 2. The SMILES string of the molecule is CCc1ccc(NC(=O)c2cccc(F)c2NN)cc1. The largest absolute Gasteiger partial charge is 0.322 e. The number of rotatable bonds is 4. The lowest BCUT2D eigenvalue weighted by atomic mass is 10.1. The molecule has 104 valence electrons. The highest BCUT2D eigenvalue weighted by molar-refractivity contribution is 6.08. The zero-order valence-corrected chi connectivity index (χ0v) is 11.1. The predicted octanol–water partition coefficient (Wildman–Crippen LogP) is 2.93. The van der Waals surface area contributed by atoms with E-state index in [-0.39, 0.29) is 11.3 Å². The highest BCUT2D eigenvalue weighted by atomic mass is 19.1. The summed E-state index contributed by atoms with van der Waals surface area (Å²) in [5.74, 6) is 4.27. The van der Waals surface area contributed by atoms with E-state index in [1.165, 1.54) is 23.8 Å². The van der Waals surface area contributed by atoms with Crippen molar-refractivity contribution >= 4 is 17.3 Å². The Morgan fingerprint density at radius 1 is 1.20 bits per heavy atom. The van der Waals surface area contributed by atoms with E-state index in [0.717, 1.165) is 6.42 Å². The number of hydrogen-bond acceptors (Lipinski definition) is 3. The zero-order chi connectivity index (χ0) is 14.5. The first-order chi connectivity index (χ1) is 9.65. The van der Waals surface area contributed by atoms with Crippen LogP contribution in [0.25, 0.3) is 0 Å². The number of carbonyl (C=O) groups excluding carboxylic acids is 1. The van der Waals surface area contributed by atoms with Crippen molar-refractivity contribution in [2.24, 2.45) is 5.84 Å². The Morgan fingerprint density at radius 3 is 2.50 bits per heavy atom. The molecule has 4 N–H and O–H groups in total. The van der Waals surface area contributed by atoms with Gasteiger partial charge in [0.25, 0.3) is 5.91 Å². The van der Waals surface area contributed by atoms with E-state index in [0.29, 0.717) is 5.69 Å². The average molecular weight is 273 g/mol. The summed E-state index contributed by atoms with van der Waals surface area (Å²) in [4.78, 5) is 12.1. The van der Waals surface area contributed by atoms with Crippen molar-refractivity contribution in [1.82, 2.24) is 0 Å². The Morgan fingerprint density at radius 2 is 1.90 bits per heavy atom. The van der Waals surface area contributed by atoms with Crippen LogP contribution in [0.3, 0.4) is 0 Å². The number of hydrazine groups is 1. The van der Waals surface area contributed by atoms with Gasteiger partial charge in [0, 0.05) is 5.69 Å². The maximum Gasteiger partial charge on any atom is 0.257 e. The fourth-order valence-corrected chi connectivity index (χ4v) is 1.88. The Hall–Kier alpha value is -2.40. The number of benzene rings is 2. The fraction of sp³-hybridized carbons (Fsp3) is 0.133. The first kappa shape index (κ1) is 14.0. The molecule has 0 aliphatic carbocycles. The van der Waals surface area contributed by atoms with Gasteiger partial charge in [0.1, 0.15) is 5.82 Å². The van der Waals surface area contributed by atoms with Gasteiger partial charge in [-0.25, -0.2) is 4.39 Å². The summed E-state index contributed by atoms with van der Waals surface area (Å²) in [6, 6.07) is 11.7. The quantitative estimate of drug-likeness (QED) is 0.592. The number of para-hydroxylation sites is 1. The maximum absolute atomic E-state index is 13.5. The normalized spacial score (nSPS) is 10.2. The van der Waals surface area contributed by atoms with E-state index >= 15 is 0 Å². The van der Waals surface area contributed by atoms with E-state index in [1.807, 2.05) is 24.3 Å². The molecule has 2 aromatic carbocycles. The molecule has 20 heavy (non-hydrogen) atoms. The van der Waals surface area contributed by atoms with Crippen LogP contribution in [0.1, 0.15) is 22.8 Å². The second kappa shape index (κ2) is 6.16. The lowest BCUT2D eigenvalue weighted by Gasteiger charge is -2.10. The third-order valence-corrected chi connectivity index (χ3v) is 3.02. The standard InChI is InChI=1S/C15H16FN3O/c1-2-10-6-8-11(9-7-10)18-15(20)12-4-3-5-13(16)14(12)19-17/h3-9,19H,2,17H2,1H3,(H,18,20). The summed E-state index contributed by atoms with van der Waals surface area (Å²) in [5.41, 5.74) is 4.18. The van der Waals surface area contributed by atoms with Crippen molar-refractivity contribution in [3.05, 3.63) is 59.4 Å². The zero-order valence-electron chi connectivity index (χ0n) is 11.1. The van der Waals surface area contributed by atoms with Crippen molar-refractivity contribution in [1.29, 1.82) is 0 Å². The Labute approximate surface area is 116 Å². The molecule has 1 amide bonds. The molecule has 2 rings (SSSR count). The lowest BCUT2D eigenvalue weighted by Crippen LogP contribution is -2.18. The monoisotopic (exact) mass is 273 g/mol. The van der Waals surface area contributed by atoms with Crippen LogP contribution in [0.5, 0.6) is 0 Å². The first-order valence-corrected chi connectivity index (χ1v) is 6.31.